The molecule has 0 radical (unpaired) electrons. The molecule has 3 atom stereocenters. The number of piperazine rings is 1. The van der Waals surface area contributed by atoms with Crippen LogP contribution in [0.2, 0.25) is 0 Å². The SMILES string of the molecule is COc1ccc(N2CC[NH+](C[C@@H](O)c3c[nH]c4ccc(OC)cc34)C[C@H]2C)cc1. The largest absolute Gasteiger partial charge is 0.497 e. The van der Waals surface area contributed by atoms with E-state index in [4.69, 9.17) is 9.47 Å². The lowest BCUT2D eigenvalue weighted by molar-refractivity contribution is -0.906. The van der Waals surface area contributed by atoms with E-state index in [1.54, 1.807) is 14.2 Å². The number of hydrogen-bond acceptors (Lipinski definition) is 4. The number of aromatic nitrogens is 1. The van der Waals surface area contributed by atoms with E-state index in [1.807, 2.05) is 36.5 Å². The maximum atomic E-state index is 10.9. The highest BCUT2D eigenvalue weighted by Gasteiger charge is 2.29. The number of fused-ring (bicyclic) bond motifs is 1. The number of benzene rings is 2. The Morgan fingerprint density at radius 3 is 2.55 bits per heavy atom. The number of nitrogens with zero attached hydrogens (tertiary/aromatic N) is 1. The Labute approximate surface area is 171 Å². The highest BCUT2D eigenvalue weighted by molar-refractivity contribution is 5.85. The number of ether oxygens (including phenoxy) is 2. The van der Waals surface area contributed by atoms with Crippen LogP contribution in [0.1, 0.15) is 18.6 Å². The number of anilines is 1. The number of methoxy groups -OCH3 is 2. The third kappa shape index (κ3) is 4.04. The summed E-state index contributed by atoms with van der Waals surface area (Å²) in [6.45, 7) is 5.92. The van der Waals surface area contributed by atoms with E-state index < -0.39 is 6.10 Å². The maximum absolute atomic E-state index is 10.9. The fraction of sp³-hybridized carbons (Fsp3) is 0.391. The third-order valence-corrected chi connectivity index (χ3v) is 5.99. The number of nitrogens with one attached hydrogen (secondary N) is 2. The van der Waals surface area contributed by atoms with Crippen molar-refractivity contribution < 1.29 is 19.5 Å². The minimum Gasteiger partial charge on any atom is -0.497 e. The van der Waals surface area contributed by atoms with Crippen molar-refractivity contribution in [3.63, 3.8) is 0 Å². The number of H-pyrrole nitrogens is 1. The Morgan fingerprint density at radius 2 is 1.86 bits per heavy atom. The Hall–Kier alpha value is -2.70. The molecule has 1 unspecified atom stereocenters. The Balaban J connectivity index is 1.42. The van der Waals surface area contributed by atoms with Gasteiger partial charge >= 0.3 is 0 Å². The molecule has 1 fully saturated rings. The highest BCUT2D eigenvalue weighted by atomic mass is 16.5. The van der Waals surface area contributed by atoms with Gasteiger partial charge in [-0.1, -0.05) is 0 Å². The number of hydrogen-bond donors (Lipinski definition) is 3. The first-order valence-electron chi connectivity index (χ1n) is 10.2. The van der Waals surface area contributed by atoms with Crippen LogP contribution >= 0.6 is 0 Å². The summed E-state index contributed by atoms with van der Waals surface area (Å²) in [5.74, 6) is 1.68. The minimum atomic E-state index is -0.509. The molecule has 2 heterocycles. The molecule has 0 saturated carbocycles. The lowest BCUT2D eigenvalue weighted by Gasteiger charge is -2.39. The first kappa shape index (κ1) is 19.6. The van der Waals surface area contributed by atoms with Crippen molar-refractivity contribution in [2.45, 2.75) is 19.1 Å². The van der Waals surface area contributed by atoms with Crippen LogP contribution in [0.25, 0.3) is 10.9 Å². The average molecular weight is 397 g/mol. The van der Waals surface area contributed by atoms with Gasteiger partial charge in [-0.2, -0.15) is 0 Å². The summed E-state index contributed by atoms with van der Waals surface area (Å²) >= 11 is 0. The molecule has 0 spiro atoms. The van der Waals surface area contributed by atoms with E-state index in [-0.39, 0.29) is 0 Å². The van der Waals surface area contributed by atoms with Crippen molar-refractivity contribution in [1.29, 1.82) is 0 Å². The van der Waals surface area contributed by atoms with Crippen LogP contribution in [0.15, 0.2) is 48.7 Å². The molecule has 2 aromatic carbocycles. The summed E-state index contributed by atoms with van der Waals surface area (Å²) < 4.78 is 10.6. The number of rotatable bonds is 6. The van der Waals surface area contributed by atoms with Gasteiger partial charge in [-0.3, -0.25) is 0 Å². The number of aromatic amines is 1. The van der Waals surface area contributed by atoms with E-state index >= 15 is 0 Å². The van der Waals surface area contributed by atoms with E-state index in [2.05, 4.69) is 28.9 Å². The first-order chi connectivity index (χ1) is 14.1. The van der Waals surface area contributed by atoms with Crippen molar-refractivity contribution in [2.24, 2.45) is 0 Å². The topological polar surface area (TPSA) is 62.2 Å². The monoisotopic (exact) mass is 396 g/mol. The van der Waals surface area contributed by atoms with Gasteiger partial charge in [-0.25, -0.2) is 0 Å². The van der Waals surface area contributed by atoms with Gasteiger partial charge in [0.1, 0.15) is 24.1 Å². The molecule has 6 nitrogen and oxygen atoms in total. The Kier molecular flexibility index (Phi) is 5.65. The summed E-state index contributed by atoms with van der Waals surface area (Å²) in [4.78, 5) is 7.12. The summed E-state index contributed by atoms with van der Waals surface area (Å²) in [6.07, 6.45) is 1.41. The molecule has 1 aliphatic heterocycles. The molecular formula is C23H30N3O3+. The van der Waals surface area contributed by atoms with Crippen LogP contribution in [0.3, 0.4) is 0 Å². The lowest BCUT2D eigenvalue weighted by atomic mass is 10.1. The van der Waals surface area contributed by atoms with Gasteiger partial charge in [-0.15, -0.1) is 0 Å². The molecule has 6 heteroatoms. The van der Waals surface area contributed by atoms with Gasteiger partial charge in [0.15, 0.2) is 0 Å². The zero-order valence-corrected chi connectivity index (χ0v) is 17.3. The van der Waals surface area contributed by atoms with Gasteiger partial charge < -0.3 is 29.4 Å². The van der Waals surface area contributed by atoms with Gasteiger partial charge in [-0.05, 0) is 49.4 Å². The van der Waals surface area contributed by atoms with Crippen molar-refractivity contribution >= 4 is 16.6 Å². The molecule has 4 rings (SSSR count). The summed E-state index contributed by atoms with van der Waals surface area (Å²) in [7, 11) is 3.35. The van der Waals surface area contributed by atoms with Crippen LogP contribution in [0.4, 0.5) is 5.69 Å². The van der Waals surface area contributed by atoms with E-state index in [9.17, 15) is 5.11 Å². The predicted octanol–water partition coefficient (Wildman–Crippen LogP) is 2.01. The van der Waals surface area contributed by atoms with Gasteiger partial charge in [0.05, 0.1) is 39.9 Å². The van der Waals surface area contributed by atoms with Crippen molar-refractivity contribution in [3.05, 3.63) is 54.2 Å². The zero-order valence-electron chi connectivity index (χ0n) is 17.3. The second-order valence-electron chi connectivity index (χ2n) is 7.82. The summed E-state index contributed by atoms with van der Waals surface area (Å²) in [5, 5.41) is 12.0. The molecule has 3 N–H and O–H groups in total. The summed E-state index contributed by atoms with van der Waals surface area (Å²) in [6, 6.07) is 14.6. The minimum absolute atomic E-state index is 0.405. The molecule has 154 valence electrons. The zero-order chi connectivity index (χ0) is 20.4. The predicted molar refractivity (Wildman–Crippen MR) is 115 cm³/mol. The molecule has 29 heavy (non-hydrogen) atoms. The molecule has 1 aliphatic rings. The van der Waals surface area contributed by atoms with E-state index in [1.165, 1.54) is 10.6 Å². The second kappa shape index (κ2) is 8.35. The van der Waals surface area contributed by atoms with Crippen molar-refractivity contribution in [3.8, 4) is 11.5 Å². The fourth-order valence-corrected chi connectivity index (χ4v) is 4.38. The van der Waals surface area contributed by atoms with Crippen molar-refractivity contribution in [1.82, 2.24) is 4.98 Å². The molecule has 0 bridgehead atoms. The van der Waals surface area contributed by atoms with E-state index in [0.717, 1.165) is 47.6 Å². The maximum Gasteiger partial charge on any atom is 0.130 e. The molecule has 1 saturated heterocycles. The highest BCUT2D eigenvalue weighted by Crippen LogP contribution is 2.27. The first-order valence-corrected chi connectivity index (χ1v) is 10.2. The van der Waals surface area contributed by atoms with E-state index in [0.29, 0.717) is 12.6 Å². The number of quaternary nitrogens is 1. The second-order valence-corrected chi connectivity index (χ2v) is 7.82. The van der Waals surface area contributed by atoms with Crippen LogP contribution in [0, 0.1) is 0 Å². The standard InChI is InChI=1S/C23H29N3O3/c1-16-14-25(10-11-26(16)17-4-6-18(28-2)7-5-17)15-23(27)21-13-24-22-9-8-19(29-3)12-20(21)22/h4-9,12-13,16,23-24,27H,10-11,14-15H2,1-3H3/p+1/t16-,23-/m1/s1. The van der Waals surface area contributed by atoms with Crippen molar-refractivity contribution in [2.75, 3.05) is 45.3 Å². The van der Waals surface area contributed by atoms with Gasteiger partial charge in [0.2, 0.25) is 0 Å². The fourth-order valence-electron chi connectivity index (χ4n) is 4.38. The van der Waals surface area contributed by atoms with Crippen LogP contribution < -0.4 is 19.3 Å². The number of aliphatic hydroxyl groups is 1. The third-order valence-electron chi connectivity index (χ3n) is 5.99. The Bertz CT molecular complexity index is 954. The number of aliphatic hydroxyl groups excluding tert-OH is 1. The van der Waals surface area contributed by atoms with Crippen LogP contribution in [0.5, 0.6) is 11.5 Å². The normalized spacial score (nSPS) is 20.6. The molecule has 1 aromatic heterocycles. The molecule has 0 amide bonds. The molecular weight excluding hydrogens is 366 g/mol. The van der Waals surface area contributed by atoms with Crippen LogP contribution in [-0.2, 0) is 0 Å². The molecule has 0 aliphatic carbocycles. The smallest absolute Gasteiger partial charge is 0.130 e. The Morgan fingerprint density at radius 1 is 1.14 bits per heavy atom. The molecule has 3 aromatic rings. The van der Waals surface area contributed by atoms with Gasteiger partial charge in [0, 0.05) is 28.4 Å². The average Bonchev–Trinajstić information content (AvgIpc) is 3.17. The summed E-state index contributed by atoms with van der Waals surface area (Å²) in [5.41, 5.74) is 3.19. The lowest BCUT2D eigenvalue weighted by Crippen LogP contribution is -3.16. The quantitative estimate of drug-likeness (QED) is 0.597. The van der Waals surface area contributed by atoms with Crippen LogP contribution in [-0.4, -0.2) is 56.5 Å². The van der Waals surface area contributed by atoms with Gasteiger partial charge in [0.25, 0.3) is 0 Å².